The summed E-state index contributed by atoms with van der Waals surface area (Å²) in [5, 5.41) is 1.22. The highest BCUT2D eigenvalue weighted by Gasteiger charge is 2.31. The summed E-state index contributed by atoms with van der Waals surface area (Å²) >= 11 is 12.2. The molecule has 0 aromatic heterocycles. The minimum absolute atomic E-state index is 0.138. The number of carbonyl (C=O) groups excluding carboxylic acids is 1. The van der Waals surface area contributed by atoms with Crippen molar-refractivity contribution < 1.29 is 4.79 Å². The molecule has 0 saturated heterocycles. The van der Waals surface area contributed by atoms with Crippen molar-refractivity contribution in [3.05, 3.63) is 101 Å². The van der Waals surface area contributed by atoms with E-state index in [1.54, 1.807) is 34.1 Å². The average Bonchev–Trinajstić information content (AvgIpc) is 2.69. The minimum Gasteiger partial charge on any atom is -0.290 e. The third kappa shape index (κ3) is 3.57. The maximum atomic E-state index is 13.4. The van der Waals surface area contributed by atoms with E-state index in [1.807, 2.05) is 60.7 Å². The highest BCUT2D eigenvalue weighted by molar-refractivity contribution is 6.31. The molecule has 0 N–H and O–H groups in total. The Morgan fingerprint density at radius 2 is 1.48 bits per heavy atom. The molecular formula is C22H16Cl2N2O. The van der Waals surface area contributed by atoms with E-state index in [4.69, 9.17) is 23.2 Å². The molecule has 4 rings (SSSR count). The predicted octanol–water partition coefficient (Wildman–Crippen LogP) is 6.48. The zero-order chi connectivity index (χ0) is 18.8. The van der Waals surface area contributed by atoms with Crippen molar-refractivity contribution >= 4 is 46.3 Å². The Balaban J connectivity index is 1.81. The fourth-order valence-electron chi connectivity index (χ4n) is 3.13. The molecule has 0 saturated carbocycles. The zero-order valence-electron chi connectivity index (χ0n) is 14.3. The van der Waals surface area contributed by atoms with Gasteiger partial charge >= 0.3 is 6.03 Å². The molecular weight excluding hydrogens is 379 g/mol. The summed E-state index contributed by atoms with van der Waals surface area (Å²) in [5.41, 5.74) is 3.34. The monoisotopic (exact) mass is 394 g/mol. The van der Waals surface area contributed by atoms with Gasteiger partial charge in [-0.05, 0) is 54.1 Å². The largest absolute Gasteiger partial charge is 0.333 e. The van der Waals surface area contributed by atoms with Gasteiger partial charge < -0.3 is 0 Å². The third-order valence-corrected chi connectivity index (χ3v) is 4.89. The number of amides is 2. The molecule has 3 nitrogen and oxygen atoms in total. The van der Waals surface area contributed by atoms with Crippen LogP contribution >= 0.6 is 23.2 Å². The Kier molecular flexibility index (Phi) is 4.88. The van der Waals surface area contributed by atoms with Crippen LogP contribution in [0.4, 0.5) is 16.2 Å². The lowest BCUT2D eigenvalue weighted by atomic mass is 10.1. The second kappa shape index (κ2) is 7.47. The molecule has 0 aliphatic carbocycles. The number of hydrogen-bond donors (Lipinski definition) is 0. The first-order valence-corrected chi connectivity index (χ1v) is 9.27. The lowest BCUT2D eigenvalue weighted by Crippen LogP contribution is -2.46. The van der Waals surface area contributed by atoms with Gasteiger partial charge in [-0.15, -0.1) is 0 Å². The van der Waals surface area contributed by atoms with Crippen LogP contribution < -0.4 is 9.80 Å². The van der Waals surface area contributed by atoms with E-state index < -0.39 is 0 Å². The molecule has 0 radical (unpaired) electrons. The second-order valence-electron chi connectivity index (χ2n) is 6.14. The van der Waals surface area contributed by atoms with E-state index in [0.29, 0.717) is 16.6 Å². The second-order valence-corrected chi connectivity index (χ2v) is 7.01. The molecule has 5 heteroatoms. The topological polar surface area (TPSA) is 23.6 Å². The summed E-state index contributed by atoms with van der Waals surface area (Å²) in [4.78, 5) is 16.8. The molecule has 0 bridgehead atoms. The highest BCUT2D eigenvalue weighted by Crippen LogP contribution is 2.33. The van der Waals surface area contributed by atoms with Crippen molar-refractivity contribution in [2.75, 3.05) is 16.3 Å². The first-order chi connectivity index (χ1) is 13.1. The SMILES string of the molecule is O=C1N(c2cccc(Cl)c2)CC=C(c2ccccc2)N1c1ccc(Cl)cc1. The normalized spacial score (nSPS) is 14.3. The van der Waals surface area contributed by atoms with Crippen LogP contribution in [0, 0.1) is 0 Å². The van der Waals surface area contributed by atoms with E-state index in [9.17, 15) is 4.79 Å². The summed E-state index contributed by atoms with van der Waals surface area (Å²) in [5.74, 6) is 0. The summed E-state index contributed by atoms with van der Waals surface area (Å²) < 4.78 is 0. The van der Waals surface area contributed by atoms with Gasteiger partial charge in [0.2, 0.25) is 0 Å². The van der Waals surface area contributed by atoms with Gasteiger partial charge in [-0.1, -0.05) is 59.6 Å². The quantitative estimate of drug-likeness (QED) is 0.498. The van der Waals surface area contributed by atoms with Gasteiger partial charge in [0.05, 0.1) is 11.4 Å². The van der Waals surface area contributed by atoms with Crippen molar-refractivity contribution in [2.45, 2.75) is 0 Å². The van der Waals surface area contributed by atoms with Gasteiger partial charge in [-0.2, -0.15) is 0 Å². The number of urea groups is 1. The number of rotatable bonds is 3. The minimum atomic E-state index is -0.138. The van der Waals surface area contributed by atoms with E-state index in [0.717, 1.165) is 22.6 Å². The Morgan fingerprint density at radius 3 is 2.19 bits per heavy atom. The Hall–Kier alpha value is -2.75. The summed E-state index contributed by atoms with van der Waals surface area (Å²) in [6.07, 6.45) is 2.05. The van der Waals surface area contributed by atoms with Gasteiger partial charge in [-0.3, -0.25) is 9.80 Å². The standard InChI is InChI=1S/C22H16Cl2N2O/c23-17-9-11-19(12-10-17)26-21(16-5-2-1-3-6-16)13-14-25(22(26)27)20-8-4-7-18(24)15-20/h1-13,15H,14H2. The summed E-state index contributed by atoms with van der Waals surface area (Å²) in [6, 6.07) is 24.3. The van der Waals surface area contributed by atoms with E-state index in [-0.39, 0.29) is 6.03 Å². The first-order valence-electron chi connectivity index (χ1n) is 8.52. The van der Waals surface area contributed by atoms with Gasteiger partial charge in [0.15, 0.2) is 0 Å². The molecule has 3 aromatic carbocycles. The van der Waals surface area contributed by atoms with Crippen molar-refractivity contribution in [1.29, 1.82) is 0 Å². The zero-order valence-corrected chi connectivity index (χ0v) is 15.9. The third-order valence-electron chi connectivity index (χ3n) is 4.40. The maximum absolute atomic E-state index is 13.4. The van der Waals surface area contributed by atoms with Gasteiger partial charge in [-0.25, -0.2) is 4.79 Å². The molecule has 27 heavy (non-hydrogen) atoms. The summed E-state index contributed by atoms with van der Waals surface area (Å²) in [7, 11) is 0. The van der Waals surface area contributed by atoms with Crippen LogP contribution in [0.3, 0.4) is 0 Å². The van der Waals surface area contributed by atoms with E-state index in [1.165, 1.54) is 0 Å². The summed E-state index contributed by atoms with van der Waals surface area (Å²) in [6.45, 7) is 0.466. The molecule has 3 aromatic rings. The molecule has 2 amide bonds. The van der Waals surface area contributed by atoms with E-state index >= 15 is 0 Å². The molecule has 134 valence electrons. The fraction of sp³-hybridized carbons (Fsp3) is 0.0455. The Morgan fingerprint density at radius 1 is 0.741 bits per heavy atom. The fourth-order valence-corrected chi connectivity index (χ4v) is 3.44. The van der Waals surface area contributed by atoms with Crippen LogP contribution in [0.25, 0.3) is 5.70 Å². The van der Waals surface area contributed by atoms with Crippen molar-refractivity contribution in [3.63, 3.8) is 0 Å². The highest BCUT2D eigenvalue weighted by atomic mass is 35.5. The molecule has 0 spiro atoms. The van der Waals surface area contributed by atoms with Crippen molar-refractivity contribution in [1.82, 2.24) is 0 Å². The number of halogens is 2. The Bertz CT molecular complexity index is 1000. The van der Waals surface area contributed by atoms with Crippen LogP contribution in [0.15, 0.2) is 84.9 Å². The van der Waals surface area contributed by atoms with Gasteiger partial charge in [0.1, 0.15) is 0 Å². The van der Waals surface area contributed by atoms with E-state index in [2.05, 4.69) is 0 Å². The van der Waals surface area contributed by atoms with Crippen molar-refractivity contribution in [2.24, 2.45) is 0 Å². The predicted molar refractivity (Wildman–Crippen MR) is 113 cm³/mol. The molecule has 0 atom stereocenters. The smallest absolute Gasteiger partial charge is 0.290 e. The molecule has 1 aliphatic rings. The van der Waals surface area contributed by atoms with Crippen molar-refractivity contribution in [3.8, 4) is 0 Å². The number of hydrogen-bond acceptors (Lipinski definition) is 1. The first kappa shape index (κ1) is 17.7. The number of nitrogens with zero attached hydrogens (tertiary/aromatic N) is 2. The van der Waals surface area contributed by atoms with Gasteiger partial charge in [0.25, 0.3) is 0 Å². The Labute approximate surface area is 168 Å². The molecule has 0 fully saturated rings. The van der Waals surface area contributed by atoms with Crippen LogP contribution in [0.2, 0.25) is 10.0 Å². The number of carbonyl (C=O) groups is 1. The number of benzene rings is 3. The lowest BCUT2D eigenvalue weighted by molar-refractivity contribution is 0.253. The van der Waals surface area contributed by atoms with Crippen LogP contribution in [-0.2, 0) is 0 Å². The van der Waals surface area contributed by atoms with Crippen LogP contribution in [0.5, 0.6) is 0 Å². The maximum Gasteiger partial charge on any atom is 0.333 e. The number of anilines is 2. The van der Waals surface area contributed by atoms with Crippen LogP contribution in [-0.4, -0.2) is 12.6 Å². The lowest BCUT2D eigenvalue weighted by Gasteiger charge is -2.36. The molecule has 0 unspecified atom stereocenters. The average molecular weight is 395 g/mol. The molecule has 1 aliphatic heterocycles. The molecule has 1 heterocycles. The van der Waals surface area contributed by atoms with Crippen LogP contribution in [0.1, 0.15) is 5.56 Å². The van der Waals surface area contributed by atoms with Gasteiger partial charge in [0, 0.05) is 22.3 Å².